The summed E-state index contributed by atoms with van der Waals surface area (Å²) in [6, 6.07) is 2.97. The molecule has 0 aromatic heterocycles. The molecule has 0 saturated heterocycles. The number of hydrogen-bond donors (Lipinski definition) is 2. The van der Waals surface area contributed by atoms with E-state index in [2.05, 4.69) is 6.92 Å². The number of halogens is 2. The van der Waals surface area contributed by atoms with Crippen LogP contribution in [-0.2, 0) is 0 Å². The summed E-state index contributed by atoms with van der Waals surface area (Å²) in [5, 5.41) is 10.5. The third-order valence-corrected chi connectivity index (χ3v) is 2.83. The first-order chi connectivity index (χ1) is 7.06. The molecule has 0 fully saturated rings. The van der Waals surface area contributed by atoms with Gasteiger partial charge in [0.15, 0.2) is 0 Å². The summed E-state index contributed by atoms with van der Waals surface area (Å²) in [6.07, 6.45) is 2.91. The zero-order valence-corrected chi connectivity index (χ0v) is 10.1. The van der Waals surface area contributed by atoms with Crippen LogP contribution in [0.5, 0.6) is 5.75 Å². The molecule has 0 unspecified atom stereocenters. The number of phenols is 1. The van der Waals surface area contributed by atoms with Crippen molar-refractivity contribution in [1.29, 1.82) is 0 Å². The summed E-state index contributed by atoms with van der Waals surface area (Å²) in [6.45, 7) is 2.09. The molecule has 0 aliphatic rings. The highest BCUT2D eigenvalue weighted by molar-refractivity contribution is 6.35. The van der Waals surface area contributed by atoms with Gasteiger partial charge in [-0.1, -0.05) is 43.0 Å². The van der Waals surface area contributed by atoms with Crippen LogP contribution in [0.4, 0.5) is 0 Å². The van der Waals surface area contributed by atoms with Crippen LogP contribution < -0.4 is 5.73 Å². The number of benzene rings is 1. The van der Waals surface area contributed by atoms with Crippen molar-refractivity contribution in [2.45, 2.75) is 32.2 Å². The Kier molecular flexibility index (Phi) is 4.71. The van der Waals surface area contributed by atoms with Crippen LogP contribution in [0.3, 0.4) is 0 Å². The Hall–Kier alpha value is -0.440. The van der Waals surface area contributed by atoms with Crippen LogP contribution in [0.1, 0.15) is 37.8 Å². The highest BCUT2D eigenvalue weighted by Gasteiger charge is 2.14. The topological polar surface area (TPSA) is 46.2 Å². The van der Waals surface area contributed by atoms with E-state index >= 15 is 0 Å². The zero-order chi connectivity index (χ0) is 11.4. The van der Waals surface area contributed by atoms with Crippen molar-refractivity contribution < 1.29 is 5.11 Å². The molecular formula is C11H15Cl2NO. The second kappa shape index (κ2) is 5.59. The van der Waals surface area contributed by atoms with E-state index in [0.29, 0.717) is 10.6 Å². The molecule has 1 aromatic rings. The first-order valence-electron chi connectivity index (χ1n) is 4.99. The number of hydrogen-bond acceptors (Lipinski definition) is 2. The van der Waals surface area contributed by atoms with Crippen molar-refractivity contribution in [3.63, 3.8) is 0 Å². The van der Waals surface area contributed by atoms with Gasteiger partial charge in [0.05, 0.1) is 5.02 Å². The van der Waals surface area contributed by atoms with E-state index in [0.717, 1.165) is 19.3 Å². The van der Waals surface area contributed by atoms with Crippen molar-refractivity contribution in [2.75, 3.05) is 0 Å². The fourth-order valence-electron chi connectivity index (χ4n) is 1.45. The van der Waals surface area contributed by atoms with E-state index in [9.17, 15) is 5.11 Å². The molecule has 1 atom stereocenters. The van der Waals surface area contributed by atoms with Gasteiger partial charge in [0.1, 0.15) is 5.75 Å². The third kappa shape index (κ3) is 3.26. The van der Waals surface area contributed by atoms with Gasteiger partial charge < -0.3 is 10.8 Å². The van der Waals surface area contributed by atoms with Gasteiger partial charge >= 0.3 is 0 Å². The van der Waals surface area contributed by atoms with Gasteiger partial charge in [-0.3, -0.25) is 0 Å². The quantitative estimate of drug-likeness (QED) is 0.849. The van der Waals surface area contributed by atoms with Gasteiger partial charge in [0.2, 0.25) is 0 Å². The Labute approximate surface area is 100.0 Å². The molecule has 0 heterocycles. The Morgan fingerprint density at radius 3 is 2.67 bits per heavy atom. The molecule has 0 radical (unpaired) electrons. The van der Waals surface area contributed by atoms with E-state index in [1.54, 1.807) is 6.07 Å². The number of nitrogens with two attached hydrogens (primary N) is 1. The van der Waals surface area contributed by atoms with Crippen LogP contribution in [-0.4, -0.2) is 5.11 Å². The monoisotopic (exact) mass is 247 g/mol. The smallest absolute Gasteiger partial charge is 0.139 e. The van der Waals surface area contributed by atoms with Crippen LogP contribution in [0.2, 0.25) is 10.0 Å². The highest BCUT2D eigenvalue weighted by atomic mass is 35.5. The predicted octanol–water partition coefficient (Wildman–Crippen LogP) is 3.89. The Morgan fingerprint density at radius 2 is 2.07 bits per heavy atom. The normalized spacial score (nSPS) is 12.8. The molecule has 0 aliphatic carbocycles. The maximum atomic E-state index is 9.72. The molecule has 0 saturated carbocycles. The molecule has 2 nitrogen and oxygen atoms in total. The molecule has 15 heavy (non-hydrogen) atoms. The molecule has 3 N–H and O–H groups in total. The van der Waals surface area contributed by atoms with Gasteiger partial charge in [0, 0.05) is 16.6 Å². The van der Waals surface area contributed by atoms with Crippen LogP contribution in [0.15, 0.2) is 12.1 Å². The largest absolute Gasteiger partial charge is 0.506 e. The van der Waals surface area contributed by atoms with Crippen molar-refractivity contribution >= 4 is 23.2 Å². The third-order valence-electron chi connectivity index (χ3n) is 2.33. The number of aromatic hydroxyl groups is 1. The lowest BCUT2D eigenvalue weighted by Gasteiger charge is -2.14. The lowest BCUT2D eigenvalue weighted by Crippen LogP contribution is -2.10. The van der Waals surface area contributed by atoms with Crippen molar-refractivity contribution in [2.24, 2.45) is 5.73 Å². The minimum Gasteiger partial charge on any atom is -0.506 e. The van der Waals surface area contributed by atoms with Gasteiger partial charge in [-0.2, -0.15) is 0 Å². The molecule has 0 spiro atoms. The van der Waals surface area contributed by atoms with E-state index in [1.165, 1.54) is 6.07 Å². The SMILES string of the molecule is CCCC[C@H](N)c1cc(Cl)cc(Cl)c1O. The summed E-state index contributed by atoms with van der Waals surface area (Å²) in [4.78, 5) is 0. The molecule has 84 valence electrons. The van der Waals surface area contributed by atoms with Crippen LogP contribution in [0.25, 0.3) is 0 Å². The Morgan fingerprint density at radius 1 is 1.40 bits per heavy atom. The summed E-state index contributed by atoms with van der Waals surface area (Å²) >= 11 is 11.7. The zero-order valence-electron chi connectivity index (χ0n) is 8.63. The van der Waals surface area contributed by atoms with E-state index in [1.807, 2.05) is 0 Å². The lowest BCUT2D eigenvalue weighted by molar-refractivity contribution is 0.457. The van der Waals surface area contributed by atoms with E-state index < -0.39 is 0 Å². The lowest BCUT2D eigenvalue weighted by atomic mass is 10.0. The molecule has 0 amide bonds. The summed E-state index contributed by atoms with van der Waals surface area (Å²) in [7, 11) is 0. The fraction of sp³-hybridized carbons (Fsp3) is 0.455. The minimum atomic E-state index is -0.207. The van der Waals surface area contributed by atoms with Crippen LogP contribution >= 0.6 is 23.2 Å². The summed E-state index contributed by atoms with van der Waals surface area (Å²) in [5.41, 5.74) is 6.57. The second-order valence-corrected chi connectivity index (χ2v) is 4.42. The minimum absolute atomic E-state index is 0.0460. The Balaban J connectivity index is 2.92. The summed E-state index contributed by atoms with van der Waals surface area (Å²) in [5.74, 6) is 0.0460. The van der Waals surface area contributed by atoms with E-state index in [-0.39, 0.29) is 16.8 Å². The predicted molar refractivity (Wildman–Crippen MR) is 64.6 cm³/mol. The molecule has 0 bridgehead atoms. The molecule has 1 rings (SSSR count). The first-order valence-corrected chi connectivity index (χ1v) is 5.75. The van der Waals surface area contributed by atoms with Gasteiger partial charge in [-0.25, -0.2) is 0 Å². The maximum Gasteiger partial charge on any atom is 0.139 e. The van der Waals surface area contributed by atoms with Crippen molar-refractivity contribution in [3.05, 3.63) is 27.7 Å². The van der Waals surface area contributed by atoms with Crippen molar-refractivity contribution in [3.8, 4) is 5.75 Å². The van der Waals surface area contributed by atoms with Gasteiger partial charge in [-0.15, -0.1) is 0 Å². The average molecular weight is 248 g/mol. The van der Waals surface area contributed by atoms with E-state index in [4.69, 9.17) is 28.9 Å². The second-order valence-electron chi connectivity index (χ2n) is 3.57. The average Bonchev–Trinajstić information content (AvgIpc) is 2.19. The fourth-order valence-corrected chi connectivity index (χ4v) is 1.96. The van der Waals surface area contributed by atoms with Gasteiger partial charge in [-0.05, 0) is 18.6 Å². The molecule has 4 heteroatoms. The molecule has 0 aliphatic heterocycles. The number of rotatable bonds is 4. The highest BCUT2D eigenvalue weighted by Crippen LogP contribution is 2.35. The summed E-state index contributed by atoms with van der Waals surface area (Å²) < 4.78 is 0. The Bertz CT molecular complexity index is 342. The van der Waals surface area contributed by atoms with Crippen LogP contribution in [0, 0.1) is 0 Å². The van der Waals surface area contributed by atoms with Crippen molar-refractivity contribution in [1.82, 2.24) is 0 Å². The number of phenolic OH excluding ortho intramolecular Hbond substituents is 1. The van der Waals surface area contributed by atoms with Gasteiger partial charge in [0.25, 0.3) is 0 Å². The number of unbranched alkanes of at least 4 members (excludes halogenated alkanes) is 1. The maximum absolute atomic E-state index is 9.72. The first kappa shape index (κ1) is 12.6. The standard InChI is InChI=1S/C11H15Cl2NO/c1-2-3-4-10(14)8-5-7(12)6-9(13)11(8)15/h5-6,10,15H,2-4,14H2,1H3/t10-/m0/s1. The molecule has 1 aromatic carbocycles. The molecular weight excluding hydrogens is 233 g/mol.